The van der Waals surface area contributed by atoms with Crippen LogP contribution in [0.5, 0.6) is 5.75 Å². The zero-order valence-corrected chi connectivity index (χ0v) is 22.8. The highest BCUT2D eigenvalue weighted by Crippen LogP contribution is 2.37. The van der Waals surface area contributed by atoms with Crippen LogP contribution >= 0.6 is 0 Å². The molecule has 36 heavy (non-hydrogen) atoms. The van der Waals surface area contributed by atoms with Crippen LogP contribution in [0.1, 0.15) is 68.4 Å². The van der Waals surface area contributed by atoms with Crippen molar-refractivity contribution in [2.75, 3.05) is 25.2 Å². The zero-order chi connectivity index (χ0) is 26.0. The monoisotopic (exact) mass is 517 g/mol. The van der Waals surface area contributed by atoms with Gasteiger partial charge in [-0.15, -0.1) is 0 Å². The molecular weight excluding hydrogens is 478 g/mol. The number of carbonyl (C=O) groups is 1. The lowest BCUT2D eigenvalue weighted by Gasteiger charge is -2.27. The molecule has 198 valence electrons. The number of nitrogens with one attached hydrogen (secondary N) is 2. The summed E-state index contributed by atoms with van der Waals surface area (Å²) in [6.07, 6.45) is 8.53. The van der Waals surface area contributed by atoms with Crippen molar-refractivity contribution < 1.29 is 17.9 Å². The lowest BCUT2D eigenvalue weighted by molar-refractivity contribution is 0.0937. The second-order valence-electron chi connectivity index (χ2n) is 10.4. The molecule has 2 saturated carbocycles. The van der Waals surface area contributed by atoms with Gasteiger partial charge in [0.2, 0.25) is 0 Å². The van der Waals surface area contributed by atoms with E-state index in [2.05, 4.69) is 27.6 Å². The van der Waals surface area contributed by atoms with Gasteiger partial charge in [-0.25, -0.2) is 13.4 Å². The van der Waals surface area contributed by atoms with Crippen LogP contribution in [0.3, 0.4) is 0 Å². The van der Waals surface area contributed by atoms with Crippen molar-refractivity contribution in [1.29, 1.82) is 0 Å². The third-order valence-corrected chi connectivity index (χ3v) is 9.38. The molecule has 2 heterocycles. The molecule has 0 spiro atoms. The van der Waals surface area contributed by atoms with Crippen molar-refractivity contribution in [1.82, 2.24) is 20.1 Å². The minimum Gasteiger partial charge on any atom is -0.496 e. The SMILES string of the molecule is CCn1nc(C(=O)NCC2CCC(S(C)(=O)=O)CC2)c(C)c1-c1cnc(N[C@@H](C)C2CC2)cc1OC. The largest absolute Gasteiger partial charge is 0.496 e. The van der Waals surface area contributed by atoms with E-state index in [1.807, 2.05) is 24.6 Å². The standard InChI is InChI=1S/C26H39N5O4S/c1-6-31-25(21-15-27-23(13-22(21)35-4)29-17(3)19-9-10-19)16(2)24(30-31)26(32)28-14-18-7-11-20(12-8-18)36(5,33)34/h13,15,17-20H,6-12,14H2,1-5H3,(H,27,29)(H,28,32)/t17-,18?,20?/m0/s1. The van der Waals surface area contributed by atoms with Crippen LogP contribution in [-0.2, 0) is 16.4 Å². The lowest BCUT2D eigenvalue weighted by Crippen LogP contribution is -2.34. The molecule has 0 saturated heterocycles. The van der Waals surface area contributed by atoms with Gasteiger partial charge in [-0.05, 0) is 71.1 Å². The summed E-state index contributed by atoms with van der Waals surface area (Å²) in [5.41, 5.74) is 2.79. The lowest BCUT2D eigenvalue weighted by atomic mass is 9.89. The molecule has 4 rings (SSSR count). The second-order valence-corrected chi connectivity index (χ2v) is 12.7. The van der Waals surface area contributed by atoms with E-state index >= 15 is 0 Å². The van der Waals surface area contributed by atoms with Crippen molar-refractivity contribution in [2.24, 2.45) is 11.8 Å². The number of sulfone groups is 1. The fourth-order valence-electron chi connectivity index (χ4n) is 5.23. The predicted octanol–water partition coefficient (Wildman–Crippen LogP) is 3.83. The summed E-state index contributed by atoms with van der Waals surface area (Å²) in [4.78, 5) is 17.7. The predicted molar refractivity (Wildman–Crippen MR) is 141 cm³/mol. The van der Waals surface area contributed by atoms with Crippen molar-refractivity contribution >= 4 is 21.6 Å². The Morgan fingerprint density at radius 2 is 1.92 bits per heavy atom. The van der Waals surface area contributed by atoms with Gasteiger partial charge in [-0.2, -0.15) is 5.10 Å². The van der Waals surface area contributed by atoms with E-state index in [-0.39, 0.29) is 17.1 Å². The highest BCUT2D eigenvalue weighted by Gasteiger charge is 2.30. The fourth-order valence-corrected chi connectivity index (χ4v) is 6.36. The van der Waals surface area contributed by atoms with Crippen LogP contribution in [0.25, 0.3) is 11.3 Å². The summed E-state index contributed by atoms with van der Waals surface area (Å²) >= 11 is 0. The van der Waals surface area contributed by atoms with Crippen LogP contribution in [0.15, 0.2) is 12.3 Å². The van der Waals surface area contributed by atoms with E-state index in [1.165, 1.54) is 19.1 Å². The van der Waals surface area contributed by atoms with Crippen LogP contribution in [-0.4, -0.2) is 60.3 Å². The zero-order valence-electron chi connectivity index (χ0n) is 22.0. The number of hydrogen-bond acceptors (Lipinski definition) is 7. The van der Waals surface area contributed by atoms with E-state index in [4.69, 9.17) is 4.74 Å². The van der Waals surface area contributed by atoms with E-state index in [9.17, 15) is 13.2 Å². The maximum Gasteiger partial charge on any atom is 0.272 e. The maximum atomic E-state index is 13.1. The number of rotatable bonds is 10. The molecule has 2 fully saturated rings. The molecule has 2 aliphatic carbocycles. The molecule has 0 unspecified atom stereocenters. The number of pyridine rings is 1. The first kappa shape index (κ1) is 26.4. The number of aryl methyl sites for hydroxylation is 1. The van der Waals surface area contributed by atoms with E-state index in [1.54, 1.807) is 13.3 Å². The smallest absolute Gasteiger partial charge is 0.272 e. The number of anilines is 1. The Hall–Kier alpha value is -2.62. The van der Waals surface area contributed by atoms with Crippen molar-refractivity contribution in [3.63, 3.8) is 0 Å². The van der Waals surface area contributed by atoms with Gasteiger partial charge >= 0.3 is 0 Å². The summed E-state index contributed by atoms with van der Waals surface area (Å²) in [7, 11) is -1.36. The Morgan fingerprint density at radius 1 is 1.22 bits per heavy atom. The average molecular weight is 518 g/mol. The van der Waals surface area contributed by atoms with Gasteiger partial charge in [-0.1, -0.05) is 0 Å². The number of carbonyl (C=O) groups excluding carboxylic acids is 1. The first-order valence-electron chi connectivity index (χ1n) is 13.0. The Balaban J connectivity index is 1.48. The number of amides is 1. The minimum atomic E-state index is -3.00. The summed E-state index contributed by atoms with van der Waals surface area (Å²) in [5.74, 6) is 2.23. The quantitative estimate of drug-likeness (QED) is 0.492. The molecule has 2 aliphatic rings. The van der Waals surface area contributed by atoms with Crippen LogP contribution in [0.4, 0.5) is 5.82 Å². The highest BCUT2D eigenvalue weighted by molar-refractivity contribution is 7.91. The Bertz CT molecular complexity index is 1200. The number of methoxy groups -OCH3 is 1. The normalized spacial score (nSPS) is 21.1. The number of ether oxygens (including phenoxy) is 1. The molecule has 0 aliphatic heterocycles. The van der Waals surface area contributed by atoms with Gasteiger partial charge in [0.25, 0.3) is 5.91 Å². The molecule has 2 aromatic heterocycles. The van der Waals surface area contributed by atoms with Crippen LogP contribution in [0, 0.1) is 18.8 Å². The van der Waals surface area contributed by atoms with Gasteiger partial charge in [0.05, 0.1) is 23.6 Å². The first-order chi connectivity index (χ1) is 17.1. The molecule has 1 atom stereocenters. The van der Waals surface area contributed by atoms with Crippen molar-refractivity contribution in [3.05, 3.63) is 23.5 Å². The number of hydrogen-bond donors (Lipinski definition) is 2. The van der Waals surface area contributed by atoms with Gasteiger partial charge in [-0.3, -0.25) is 9.48 Å². The number of aromatic nitrogens is 3. The Kier molecular flexibility index (Phi) is 7.92. The minimum absolute atomic E-state index is 0.213. The molecule has 2 N–H and O–H groups in total. The fraction of sp³-hybridized carbons (Fsp3) is 0.654. The number of nitrogens with zero attached hydrogens (tertiary/aromatic N) is 3. The highest BCUT2D eigenvalue weighted by atomic mass is 32.2. The molecule has 0 radical (unpaired) electrons. The molecular formula is C26H39N5O4S. The second kappa shape index (κ2) is 10.8. The van der Waals surface area contributed by atoms with Gasteiger partial charge in [0.1, 0.15) is 21.4 Å². The van der Waals surface area contributed by atoms with E-state index in [0.29, 0.717) is 49.3 Å². The van der Waals surface area contributed by atoms with Gasteiger partial charge in [0.15, 0.2) is 5.69 Å². The van der Waals surface area contributed by atoms with Crippen LogP contribution in [0.2, 0.25) is 0 Å². The molecule has 0 bridgehead atoms. The first-order valence-corrected chi connectivity index (χ1v) is 14.9. The summed E-state index contributed by atoms with van der Waals surface area (Å²) in [6.45, 7) is 7.19. The maximum absolute atomic E-state index is 13.1. The Morgan fingerprint density at radius 3 is 2.50 bits per heavy atom. The van der Waals surface area contributed by atoms with Gasteiger partial charge < -0.3 is 15.4 Å². The molecule has 2 aromatic rings. The Labute approximate surface area is 214 Å². The molecule has 1 amide bonds. The van der Waals surface area contributed by atoms with Crippen LogP contribution < -0.4 is 15.4 Å². The average Bonchev–Trinajstić information content (AvgIpc) is 3.65. The third-order valence-electron chi connectivity index (χ3n) is 7.70. The summed E-state index contributed by atoms with van der Waals surface area (Å²) in [6, 6.07) is 2.28. The van der Waals surface area contributed by atoms with Crippen molar-refractivity contribution in [3.8, 4) is 17.0 Å². The third kappa shape index (κ3) is 5.85. The van der Waals surface area contributed by atoms with E-state index < -0.39 is 9.84 Å². The molecule has 9 nitrogen and oxygen atoms in total. The summed E-state index contributed by atoms with van der Waals surface area (Å²) in [5, 5.41) is 10.9. The topological polar surface area (TPSA) is 115 Å². The molecule has 10 heteroatoms. The van der Waals surface area contributed by atoms with E-state index in [0.717, 1.165) is 35.5 Å². The van der Waals surface area contributed by atoms with Gasteiger partial charge in [0, 0.05) is 43.2 Å². The van der Waals surface area contributed by atoms with Crippen molar-refractivity contribution in [2.45, 2.75) is 77.1 Å². The molecule has 0 aromatic carbocycles. The summed E-state index contributed by atoms with van der Waals surface area (Å²) < 4.78 is 31.1.